The first-order valence-electron chi connectivity index (χ1n) is 20.2. The summed E-state index contributed by atoms with van der Waals surface area (Å²) < 4.78 is 10.6. The van der Waals surface area contributed by atoms with Crippen LogP contribution in [-0.2, 0) is 19.1 Å². The number of unbranched alkanes of at least 4 members (excludes halogenated alkanes) is 20. The summed E-state index contributed by atoms with van der Waals surface area (Å²) in [5.74, 6) is -0.657. The second-order valence-electron chi connectivity index (χ2n) is 13.4. The van der Waals surface area contributed by atoms with Crippen LogP contribution in [0.4, 0.5) is 0 Å². The van der Waals surface area contributed by atoms with E-state index < -0.39 is 6.10 Å². The van der Waals surface area contributed by atoms with Crippen LogP contribution in [0.2, 0.25) is 0 Å². The average Bonchev–Trinajstić information content (AvgIpc) is 3.09. The molecule has 0 aliphatic carbocycles. The van der Waals surface area contributed by atoms with E-state index in [-0.39, 0.29) is 25.2 Å². The lowest BCUT2D eigenvalue weighted by atomic mass is 10.1. The number of allylic oxidation sites excluding steroid dienone is 8. The quantitative estimate of drug-likeness (QED) is 0.0407. The van der Waals surface area contributed by atoms with Crippen molar-refractivity contribution >= 4 is 11.9 Å². The van der Waals surface area contributed by atoms with Gasteiger partial charge in [0.15, 0.2) is 6.10 Å². The minimum Gasteiger partial charge on any atom is -0.462 e. The number of aliphatic hydroxyl groups excluding tert-OH is 1. The van der Waals surface area contributed by atoms with E-state index >= 15 is 0 Å². The highest BCUT2D eigenvalue weighted by Crippen LogP contribution is 2.12. The highest BCUT2D eigenvalue weighted by Gasteiger charge is 2.16. The Morgan fingerprint density at radius 2 is 0.854 bits per heavy atom. The molecule has 0 rings (SSSR count). The molecule has 0 heterocycles. The smallest absolute Gasteiger partial charge is 0.306 e. The molecule has 0 aromatic carbocycles. The van der Waals surface area contributed by atoms with Gasteiger partial charge in [-0.05, 0) is 70.6 Å². The summed E-state index contributed by atoms with van der Waals surface area (Å²) in [6.07, 6.45) is 48.9. The van der Waals surface area contributed by atoms with Crippen molar-refractivity contribution in [3.8, 4) is 0 Å². The summed E-state index contributed by atoms with van der Waals surface area (Å²) in [6, 6.07) is 0. The Morgan fingerprint density at radius 3 is 1.33 bits per heavy atom. The number of esters is 2. The Bertz CT molecular complexity index is 812. The Balaban J connectivity index is 3.64. The van der Waals surface area contributed by atoms with Crippen LogP contribution in [0.25, 0.3) is 0 Å². The van der Waals surface area contributed by atoms with Crippen molar-refractivity contribution in [1.29, 1.82) is 0 Å². The van der Waals surface area contributed by atoms with Gasteiger partial charge in [0.05, 0.1) is 6.61 Å². The molecule has 5 heteroatoms. The van der Waals surface area contributed by atoms with Crippen LogP contribution >= 0.6 is 0 Å². The van der Waals surface area contributed by atoms with Crippen LogP contribution < -0.4 is 0 Å². The van der Waals surface area contributed by atoms with E-state index in [2.05, 4.69) is 62.5 Å². The number of rotatable bonds is 36. The normalized spacial score (nSPS) is 12.6. The van der Waals surface area contributed by atoms with Gasteiger partial charge in [-0.3, -0.25) is 9.59 Å². The minimum atomic E-state index is -0.793. The predicted molar refractivity (Wildman–Crippen MR) is 205 cm³/mol. The number of carbonyl (C=O) groups excluding carboxylic acids is 2. The molecule has 0 aliphatic heterocycles. The van der Waals surface area contributed by atoms with Crippen LogP contribution in [0.5, 0.6) is 0 Å². The fourth-order valence-corrected chi connectivity index (χ4v) is 5.51. The first-order valence-corrected chi connectivity index (χ1v) is 20.2. The minimum absolute atomic E-state index is 0.0939. The van der Waals surface area contributed by atoms with Crippen molar-refractivity contribution in [1.82, 2.24) is 0 Å². The number of carbonyl (C=O) groups is 2. The Labute approximate surface area is 297 Å². The van der Waals surface area contributed by atoms with Gasteiger partial charge in [0.1, 0.15) is 6.61 Å². The van der Waals surface area contributed by atoms with Crippen molar-refractivity contribution < 1.29 is 24.2 Å². The third-order valence-electron chi connectivity index (χ3n) is 8.60. The van der Waals surface area contributed by atoms with Crippen LogP contribution in [0.15, 0.2) is 48.6 Å². The standard InChI is InChI=1S/C43H76O5/c1-3-5-7-9-11-13-15-17-19-21-23-25-27-29-31-33-35-37-42(45)47-40-41(39-44)48-43(46)38-36-34-32-30-28-26-24-22-20-18-16-14-12-10-8-6-4-2/h17-20,23,25,29,31,41,44H,3-16,21-22,24,26-28,30,32-40H2,1-2H3/b19-17-,20-18-,25-23-,31-29-/t41-/m0/s1. The topological polar surface area (TPSA) is 72.8 Å². The molecule has 0 saturated carbocycles. The summed E-state index contributed by atoms with van der Waals surface area (Å²) in [7, 11) is 0. The van der Waals surface area contributed by atoms with Crippen LogP contribution in [0.1, 0.15) is 194 Å². The maximum atomic E-state index is 12.2. The molecule has 1 N–H and O–H groups in total. The zero-order chi connectivity index (χ0) is 35.0. The highest BCUT2D eigenvalue weighted by atomic mass is 16.6. The molecule has 5 nitrogen and oxygen atoms in total. The molecule has 48 heavy (non-hydrogen) atoms. The lowest BCUT2D eigenvalue weighted by Crippen LogP contribution is -2.28. The van der Waals surface area contributed by atoms with Gasteiger partial charge in [0.25, 0.3) is 0 Å². The third-order valence-corrected chi connectivity index (χ3v) is 8.60. The first kappa shape index (κ1) is 45.9. The van der Waals surface area contributed by atoms with Gasteiger partial charge in [-0.1, -0.05) is 159 Å². The molecule has 0 fully saturated rings. The van der Waals surface area contributed by atoms with Gasteiger partial charge in [0, 0.05) is 12.8 Å². The second-order valence-corrected chi connectivity index (χ2v) is 13.4. The van der Waals surface area contributed by atoms with Crippen molar-refractivity contribution in [2.45, 2.75) is 200 Å². The molecule has 278 valence electrons. The largest absolute Gasteiger partial charge is 0.462 e. The Morgan fingerprint density at radius 1 is 0.479 bits per heavy atom. The van der Waals surface area contributed by atoms with Crippen LogP contribution in [0.3, 0.4) is 0 Å². The molecule has 0 aliphatic rings. The van der Waals surface area contributed by atoms with Gasteiger partial charge in [-0.2, -0.15) is 0 Å². The summed E-state index contributed by atoms with van der Waals surface area (Å²) in [5.41, 5.74) is 0. The molecule has 0 radical (unpaired) electrons. The number of aliphatic hydroxyl groups is 1. The molecular formula is C43H76O5. The number of hydrogen-bond donors (Lipinski definition) is 1. The molecule has 0 aromatic rings. The Hall–Kier alpha value is -2.14. The molecule has 0 aromatic heterocycles. The fourth-order valence-electron chi connectivity index (χ4n) is 5.51. The second kappa shape index (κ2) is 39.3. The summed E-state index contributed by atoms with van der Waals surface area (Å²) >= 11 is 0. The van der Waals surface area contributed by atoms with Crippen molar-refractivity contribution in [2.24, 2.45) is 0 Å². The van der Waals surface area contributed by atoms with E-state index in [0.717, 1.165) is 38.5 Å². The summed E-state index contributed by atoms with van der Waals surface area (Å²) in [6.45, 7) is 4.08. The van der Waals surface area contributed by atoms with E-state index in [0.29, 0.717) is 19.3 Å². The molecule has 0 unspecified atom stereocenters. The van der Waals surface area contributed by atoms with Crippen molar-refractivity contribution in [2.75, 3.05) is 13.2 Å². The lowest BCUT2D eigenvalue weighted by molar-refractivity contribution is -0.161. The van der Waals surface area contributed by atoms with Crippen LogP contribution in [0, 0.1) is 0 Å². The monoisotopic (exact) mass is 673 g/mol. The molecule has 0 bridgehead atoms. The first-order chi connectivity index (χ1) is 23.6. The zero-order valence-corrected chi connectivity index (χ0v) is 31.5. The number of ether oxygens (including phenoxy) is 2. The van der Waals surface area contributed by atoms with E-state index in [1.807, 2.05) is 0 Å². The van der Waals surface area contributed by atoms with E-state index in [1.165, 1.54) is 122 Å². The van der Waals surface area contributed by atoms with E-state index in [1.54, 1.807) is 0 Å². The van der Waals surface area contributed by atoms with Gasteiger partial charge in [-0.25, -0.2) is 0 Å². The summed E-state index contributed by atoms with van der Waals surface area (Å²) in [4.78, 5) is 24.2. The van der Waals surface area contributed by atoms with Gasteiger partial charge in [0.2, 0.25) is 0 Å². The van der Waals surface area contributed by atoms with Gasteiger partial charge >= 0.3 is 11.9 Å². The molecule has 0 spiro atoms. The maximum Gasteiger partial charge on any atom is 0.306 e. The van der Waals surface area contributed by atoms with E-state index in [9.17, 15) is 14.7 Å². The van der Waals surface area contributed by atoms with Crippen LogP contribution in [-0.4, -0.2) is 36.4 Å². The summed E-state index contributed by atoms with van der Waals surface area (Å²) in [5, 5.41) is 9.55. The molecule has 0 saturated heterocycles. The highest BCUT2D eigenvalue weighted by molar-refractivity contribution is 5.70. The predicted octanol–water partition coefficient (Wildman–Crippen LogP) is 12.6. The Kier molecular flexibility index (Phi) is 37.5. The lowest BCUT2D eigenvalue weighted by Gasteiger charge is -2.15. The molecule has 1 atom stereocenters. The third kappa shape index (κ3) is 36.7. The molecule has 0 amide bonds. The fraction of sp³-hybridized carbons (Fsp3) is 0.767. The van der Waals surface area contributed by atoms with Gasteiger partial charge in [-0.15, -0.1) is 0 Å². The average molecular weight is 673 g/mol. The number of hydrogen-bond acceptors (Lipinski definition) is 5. The maximum absolute atomic E-state index is 12.2. The van der Waals surface area contributed by atoms with Crippen molar-refractivity contribution in [3.05, 3.63) is 48.6 Å². The van der Waals surface area contributed by atoms with Gasteiger partial charge < -0.3 is 14.6 Å². The SMILES string of the molecule is CCCCCCCC/C=C\C/C=C\C/C=C\CCCC(=O)OC[C@H](CO)OC(=O)CCCCCCCCC/C=C\CCCCCCCC. The van der Waals surface area contributed by atoms with E-state index in [4.69, 9.17) is 9.47 Å². The van der Waals surface area contributed by atoms with Crippen molar-refractivity contribution in [3.63, 3.8) is 0 Å². The zero-order valence-electron chi connectivity index (χ0n) is 31.5. The molecular weight excluding hydrogens is 596 g/mol.